The fourth-order valence-corrected chi connectivity index (χ4v) is 2.86. The van der Waals surface area contributed by atoms with Crippen molar-refractivity contribution in [2.24, 2.45) is 5.10 Å². The lowest BCUT2D eigenvalue weighted by atomic mass is 10.0. The van der Waals surface area contributed by atoms with Gasteiger partial charge in [-0.05, 0) is 35.4 Å². The van der Waals surface area contributed by atoms with Crippen LogP contribution in [0.1, 0.15) is 15.9 Å². The summed E-state index contributed by atoms with van der Waals surface area (Å²) < 4.78 is 0. The second kappa shape index (κ2) is 8.04. The molecule has 0 aliphatic carbocycles. The first kappa shape index (κ1) is 18.0. The smallest absolute Gasteiger partial charge is 0.271 e. The maximum atomic E-state index is 12.2. The highest BCUT2D eigenvalue weighted by atomic mass is 35.5. The van der Waals surface area contributed by atoms with E-state index in [1.54, 1.807) is 12.1 Å². The monoisotopic (exact) mass is 384 g/mol. The van der Waals surface area contributed by atoms with Crippen molar-refractivity contribution in [3.8, 4) is 16.9 Å². The molecule has 0 heterocycles. The largest absolute Gasteiger partial charge is 0.506 e. The van der Waals surface area contributed by atoms with E-state index in [0.717, 1.165) is 11.1 Å². The van der Waals surface area contributed by atoms with Crippen LogP contribution >= 0.6 is 23.2 Å². The number of phenols is 1. The van der Waals surface area contributed by atoms with Gasteiger partial charge in [0.2, 0.25) is 0 Å². The van der Waals surface area contributed by atoms with Crippen molar-refractivity contribution in [1.82, 2.24) is 5.43 Å². The summed E-state index contributed by atoms with van der Waals surface area (Å²) in [5, 5.41) is 14.2. The molecule has 2 N–H and O–H groups in total. The average molecular weight is 385 g/mol. The predicted octanol–water partition coefficient (Wildman–Crippen LogP) is 5.13. The maximum Gasteiger partial charge on any atom is 0.271 e. The van der Waals surface area contributed by atoms with E-state index in [1.165, 1.54) is 18.3 Å². The van der Waals surface area contributed by atoms with Crippen LogP contribution in [0.4, 0.5) is 0 Å². The van der Waals surface area contributed by atoms with E-state index in [0.29, 0.717) is 16.1 Å². The number of hydrazone groups is 1. The van der Waals surface area contributed by atoms with Crippen LogP contribution in [0, 0.1) is 0 Å². The quantitative estimate of drug-likeness (QED) is 0.483. The summed E-state index contributed by atoms with van der Waals surface area (Å²) in [6, 6.07) is 20.0. The minimum absolute atomic E-state index is 0.113. The number of carbonyl (C=O) groups is 1. The van der Waals surface area contributed by atoms with Gasteiger partial charge in [0, 0.05) is 16.1 Å². The SMILES string of the molecule is O=C(N/N=C\c1cc(Cl)cc(Cl)c1O)c1ccc(-c2ccccc2)cc1. The zero-order valence-corrected chi connectivity index (χ0v) is 15.0. The van der Waals surface area contributed by atoms with Crippen LogP contribution in [0.25, 0.3) is 11.1 Å². The molecule has 1 amide bonds. The van der Waals surface area contributed by atoms with E-state index >= 15 is 0 Å². The third-order valence-corrected chi connectivity index (χ3v) is 4.19. The second-order valence-electron chi connectivity index (χ2n) is 5.47. The van der Waals surface area contributed by atoms with Crippen LogP contribution in [0.3, 0.4) is 0 Å². The third-order valence-electron chi connectivity index (χ3n) is 3.68. The Bertz CT molecular complexity index is 956. The van der Waals surface area contributed by atoms with Gasteiger partial charge in [0.05, 0.1) is 11.2 Å². The van der Waals surface area contributed by atoms with Crippen molar-refractivity contribution in [3.63, 3.8) is 0 Å². The van der Waals surface area contributed by atoms with Gasteiger partial charge in [-0.3, -0.25) is 4.79 Å². The van der Waals surface area contributed by atoms with E-state index in [4.69, 9.17) is 23.2 Å². The molecule has 0 saturated heterocycles. The standard InChI is InChI=1S/C20H14Cl2N2O2/c21-17-10-16(19(25)18(22)11-17)12-23-24-20(26)15-8-6-14(7-9-15)13-4-2-1-3-5-13/h1-12,25H,(H,24,26)/b23-12-. The number of hydrogen-bond acceptors (Lipinski definition) is 3. The van der Waals surface area contributed by atoms with Crippen LogP contribution in [-0.2, 0) is 0 Å². The van der Waals surface area contributed by atoms with Crippen molar-refractivity contribution >= 4 is 35.3 Å². The molecule has 26 heavy (non-hydrogen) atoms. The highest BCUT2D eigenvalue weighted by molar-refractivity contribution is 6.36. The molecule has 0 fully saturated rings. The first-order chi connectivity index (χ1) is 12.5. The van der Waals surface area contributed by atoms with Gasteiger partial charge in [0.15, 0.2) is 0 Å². The Balaban J connectivity index is 1.69. The highest BCUT2D eigenvalue weighted by Gasteiger charge is 2.07. The van der Waals surface area contributed by atoms with E-state index in [1.807, 2.05) is 42.5 Å². The van der Waals surface area contributed by atoms with Crippen LogP contribution in [0.5, 0.6) is 5.75 Å². The molecular formula is C20H14Cl2N2O2. The number of benzene rings is 3. The number of rotatable bonds is 4. The Kier molecular flexibility index (Phi) is 5.56. The minimum atomic E-state index is -0.367. The number of halogens is 2. The molecule has 0 aliphatic heterocycles. The van der Waals surface area contributed by atoms with Gasteiger partial charge in [0.25, 0.3) is 5.91 Å². The number of nitrogens with zero attached hydrogens (tertiary/aromatic N) is 1. The number of phenolic OH excluding ortho intramolecular Hbond substituents is 1. The van der Waals surface area contributed by atoms with Gasteiger partial charge in [-0.1, -0.05) is 65.7 Å². The number of hydrogen-bond donors (Lipinski definition) is 2. The molecule has 6 heteroatoms. The van der Waals surface area contributed by atoms with Gasteiger partial charge in [-0.25, -0.2) is 5.43 Å². The molecule has 0 unspecified atom stereocenters. The van der Waals surface area contributed by atoms with Gasteiger partial charge < -0.3 is 5.11 Å². The fraction of sp³-hybridized carbons (Fsp3) is 0. The molecule has 0 spiro atoms. The molecule has 0 aliphatic rings. The summed E-state index contributed by atoms with van der Waals surface area (Å²) in [5.41, 5.74) is 5.27. The van der Waals surface area contributed by atoms with E-state index < -0.39 is 0 Å². The summed E-state index contributed by atoms with van der Waals surface area (Å²) in [6.07, 6.45) is 1.28. The zero-order chi connectivity index (χ0) is 18.5. The Morgan fingerprint density at radius 3 is 2.31 bits per heavy atom. The van der Waals surface area contributed by atoms with Crippen LogP contribution < -0.4 is 5.43 Å². The highest BCUT2D eigenvalue weighted by Crippen LogP contribution is 2.29. The molecule has 0 saturated carbocycles. The van der Waals surface area contributed by atoms with E-state index in [2.05, 4.69) is 10.5 Å². The maximum absolute atomic E-state index is 12.2. The summed E-state index contributed by atoms with van der Waals surface area (Å²) >= 11 is 11.7. The van der Waals surface area contributed by atoms with Gasteiger partial charge >= 0.3 is 0 Å². The Morgan fingerprint density at radius 2 is 1.62 bits per heavy atom. The lowest BCUT2D eigenvalue weighted by Crippen LogP contribution is -2.17. The van der Waals surface area contributed by atoms with Crippen molar-refractivity contribution < 1.29 is 9.90 Å². The van der Waals surface area contributed by atoms with Crippen molar-refractivity contribution in [3.05, 3.63) is 87.9 Å². The van der Waals surface area contributed by atoms with Crippen molar-refractivity contribution in [1.29, 1.82) is 0 Å². The molecule has 4 nitrogen and oxygen atoms in total. The summed E-state index contributed by atoms with van der Waals surface area (Å²) in [7, 11) is 0. The van der Waals surface area contributed by atoms with Gasteiger partial charge in [-0.15, -0.1) is 0 Å². The first-order valence-electron chi connectivity index (χ1n) is 7.71. The van der Waals surface area contributed by atoms with E-state index in [-0.39, 0.29) is 16.7 Å². The third kappa shape index (κ3) is 4.23. The van der Waals surface area contributed by atoms with Crippen LogP contribution in [0.2, 0.25) is 10.0 Å². The Labute approximate surface area is 160 Å². The number of carbonyl (C=O) groups excluding carboxylic acids is 1. The first-order valence-corrected chi connectivity index (χ1v) is 8.47. The molecule has 0 atom stereocenters. The normalized spacial score (nSPS) is 10.8. The number of aromatic hydroxyl groups is 1. The number of nitrogens with one attached hydrogen (secondary N) is 1. The minimum Gasteiger partial charge on any atom is -0.506 e. The zero-order valence-electron chi connectivity index (χ0n) is 13.5. The molecule has 3 rings (SSSR count). The topological polar surface area (TPSA) is 61.7 Å². The molecule has 0 bridgehead atoms. The molecule has 3 aromatic carbocycles. The molecule has 0 radical (unpaired) electrons. The summed E-state index contributed by atoms with van der Waals surface area (Å²) in [6.45, 7) is 0. The van der Waals surface area contributed by atoms with Crippen LogP contribution in [0.15, 0.2) is 71.8 Å². The molecular weight excluding hydrogens is 371 g/mol. The average Bonchev–Trinajstić information content (AvgIpc) is 2.66. The van der Waals surface area contributed by atoms with E-state index in [9.17, 15) is 9.90 Å². The van der Waals surface area contributed by atoms with Crippen LogP contribution in [-0.4, -0.2) is 17.2 Å². The summed E-state index contributed by atoms with van der Waals surface area (Å²) in [5.74, 6) is -0.519. The fourth-order valence-electron chi connectivity index (χ4n) is 2.35. The van der Waals surface area contributed by atoms with Gasteiger partial charge in [0.1, 0.15) is 5.75 Å². The molecule has 130 valence electrons. The number of amides is 1. The van der Waals surface area contributed by atoms with Gasteiger partial charge in [-0.2, -0.15) is 5.10 Å². The second-order valence-corrected chi connectivity index (χ2v) is 6.31. The predicted molar refractivity (Wildman–Crippen MR) is 105 cm³/mol. The molecule has 0 aromatic heterocycles. The Hall–Kier alpha value is -2.82. The Morgan fingerprint density at radius 1 is 0.962 bits per heavy atom. The molecule has 3 aromatic rings. The van der Waals surface area contributed by atoms with Crippen molar-refractivity contribution in [2.75, 3.05) is 0 Å². The lowest BCUT2D eigenvalue weighted by molar-refractivity contribution is 0.0955. The van der Waals surface area contributed by atoms with Crippen molar-refractivity contribution in [2.45, 2.75) is 0 Å². The summed E-state index contributed by atoms with van der Waals surface area (Å²) in [4.78, 5) is 12.2. The lowest BCUT2D eigenvalue weighted by Gasteiger charge is -2.04.